The van der Waals surface area contributed by atoms with Crippen LogP contribution in [-0.4, -0.2) is 58.2 Å². The summed E-state index contributed by atoms with van der Waals surface area (Å²) >= 11 is 0. The Balaban J connectivity index is 0.000000644. The number of nitrogens with one attached hydrogen (secondary N) is 2. The van der Waals surface area contributed by atoms with Crippen LogP contribution in [0.1, 0.15) is 83.4 Å². The largest absolute Gasteiger partial charge is 0.542 e. The second-order valence-electron chi connectivity index (χ2n) is 11.5. The number of carbonyl (C=O) groups excluding carboxylic acids is 3. The molecule has 7 N–H and O–H groups in total. The number of benzene rings is 2. The minimum Gasteiger partial charge on any atom is -0.542 e. The summed E-state index contributed by atoms with van der Waals surface area (Å²) in [7, 11) is 1.34. The van der Waals surface area contributed by atoms with Crippen molar-refractivity contribution in [3.63, 3.8) is 0 Å². The third kappa shape index (κ3) is 9.39. The lowest BCUT2D eigenvalue weighted by molar-refractivity contribution is -0.599. The van der Waals surface area contributed by atoms with Crippen molar-refractivity contribution in [2.75, 3.05) is 7.11 Å². The third-order valence-electron chi connectivity index (χ3n) is 8.05. The van der Waals surface area contributed by atoms with Crippen LogP contribution >= 0.6 is 0 Å². The van der Waals surface area contributed by atoms with Crippen LogP contribution in [0, 0.1) is 0 Å². The number of methoxy groups -OCH3 is 1. The van der Waals surface area contributed by atoms with E-state index in [1.165, 1.54) is 7.11 Å². The van der Waals surface area contributed by atoms with Crippen molar-refractivity contribution in [2.45, 2.75) is 75.7 Å². The fourth-order valence-corrected chi connectivity index (χ4v) is 5.42. The number of nitrogens with zero attached hydrogens (tertiary/aromatic N) is 1. The first-order valence-corrected chi connectivity index (χ1v) is 15.0. The Kier molecular flexibility index (Phi) is 11.4. The van der Waals surface area contributed by atoms with Crippen molar-refractivity contribution in [3.05, 3.63) is 70.7 Å². The topological polar surface area (TPSA) is 204 Å². The first-order chi connectivity index (χ1) is 22.3. The number of quaternary nitrogens is 1. The van der Waals surface area contributed by atoms with Crippen LogP contribution in [0.5, 0.6) is 0 Å². The molecule has 1 fully saturated rings. The number of carbonyl (C=O) groups is 4. The van der Waals surface area contributed by atoms with Gasteiger partial charge in [0.1, 0.15) is 17.5 Å². The predicted octanol–water partition coefficient (Wildman–Crippen LogP) is 2.12. The minimum atomic E-state index is -5.19. The molecule has 0 spiro atoms. The van der Waals surface area contributed by atoms with Gasteiger partial charge in [-0.2, -0.15) is 13.2 Å². The Morgan fingerprint density at radius 2 is 1.81 bits per heavy atom. The number of esters is 1. The van der Waals surface area contributed by atoms with Crippen molar-refractivity contribution in [2.24, 2.45) is 5.73 Å². The second-order valence-corrected chi connectivity index (χ2v) is 11.5. The summed E-state index contributed by atoms with van der Waals surface area (Å²) in [5.41, 5.74) is 11.7. The molecule has 2 aromatic carbocycles. The van der Waals surface area contributed by atoms with E-state index in [9.17, 15) is 32.7 Å². The molecule has 47 heavy (non-hydrogen) atoms. The molecule has 12 nitrogen and oxygen atoms in total. The number of alkyl halides is 3. The molecule has 2 aliphatic rings. The van der Waals surface area contributed by atoms with Gasteiger partial charge in [-0.3, -0.25) is 9.59 Å². The lowest BCUT2D eigenvalue weighted by Crippen LogP contribution is -2.86. The van der Waals surface area contributed by atoms with Crippen LogP contribution < -0.4 is 21.5 Å². The number of aromatic nitrogens is 2. The van der Waals surface area contributed by atoms with Gasteiger partial charge in [-0.15, -0.1) is 0 Å². The molecule has 5 rings (SSSR count). The zero-order valence-electron chi connectivity index (χ0n) is 25.6. The molecule has 1 aliphatic carbocycles. The Labute approximate surface area is 267 Å². The average Bonchev–Trinajstić information content (AvgIpc) is 3.76. The number of halogens is 3. The highest BCUT2D eigenvalue weighted by atomic mass is 19.4. The van der Waals surface area contributed by atoms with Crippen molar-refractivity contribution in [1.82, 2.24) is 15.3 Å². The average molecular weight is 660 g/mol. The van der Waals surface area contributed by atoms with Crippen LogP contribution in [-0.2, 0) is 32.1 Å². The lowest BCUT2D eigenvalue weighted by Gasteiger charge is -2.19. The van der Waals surface area contributed by atoms with E-state index < -0.39 is 24.2 Å². The molecule has 1 aliphatic heterocycles. The molecule has 15 heteroatoms. The van der Waals surface area contributed by atoms with E-state index >= 15 is 0 Å². The van der Waals surface area contributed by atoms with Crippen molar-refractivity contribution < 1.29 is 52.6 Å². The summed E-state index contributed by atoms with van der Waals surface area (Å²) in [6.07, 6.45) is 1.30. The van der Waals surface area contributed by atoms with Crippen molar-refractivity contribution in [3.8, 4) is 11.3 Å². The van der Waals surface area contributed by atoms with Crippen LogP contribution in [0.4, 0.5) is 18.9 Å². The zero-order chi connectivity index (χ0) is 34.3. The number of aromatic amines is 1. The number of fused-ring (bicyclic) bond motifs is 4. The van der Waals surface area contributed by atoms with Crippen LogP contribution in [0.15, 0.2) is 42.6 Å². The molecule has 0 unspecified atom stereocenters. The van der Waals surface area contributed by atoms with Gasteiger partial charge >= 0.3 is 18.1 Å². The summed E-state index contributed by atoms with van der Waals surface area (Å²) in [5.74, 6) is -3.33. The molecule has 252 valence electrons. The molecule has 1 aromatic heterocycles. The summed E-state index contributed by atoms with van der Waals surface area (Å²) in [4.78, 5) is 54.1. The smallest absolute Gasteiger partial charge is 0.430 e. The van der Waals surface area contributed by atoms with E-state index in [2.05, 4.69) is 15.3 Å². The van der Waals surface area contributed by atoms with Gasteiger partial charge in [0.15, 0.2) is 6.04 Å². The summed E-state index contributed by atoms with van der Waals surface area (Å²) in [5, 5.41) is 23.6. The monoisotopic (exact) mass is 659 g/mol. The van der Waals surface area contributed by atoms with Gasteiger partial charge in [0.25, 0.3) is 5.91 Å². The number of nitrogens with two attached hydrogens (primary N) is 2. The molecule has 2 heterocycles. The maximum Gasteiger partial charge on any atom is 0.430 e. The highest BCUT2D eigenvalue weighted by Crippen LogP contribution is 2.42. The molecule has 0 saturated heterocycles. The Morgan fingerprint density at radius 1 is 1.11 bits per heavy atom. The summed E-state index contributed by atoms with van der Waals surface area (Å²) in [6, 6.07) is 10.2. The Morgan fingerprint density at radius 3 is 2.43 bits per heavy atom. The maximum atomic E-state index is 13.4. The number of carboxylic acid groups (broad SMARTS) is 2. The van der Waals surface area contributed by atoms with Gasteiger partial charge in [0, 0.05) is 24.6 Å². The quantitative estimate of drug-likeness (QED) is 0.186. The van der Waals surface area contributed by atoms with Crippen molar-refractivity contribution >= 4 is 29.5 Å². The number of rotatable bonds is 7. The number of amides is 1. The van der Waals surface area contributed by atoms with E-state index in [-0.39, 0.29) is 24.3 Å². The van der Waals surface area contributed by atoms with Crippen LogP contribution in [0.2, 0.25) is 0 Å². The highest BCUT2D eigenvalue weighted by Gasteiger charge is 2.30. The number of hydrogen-bond acceptors (Lipinski definition) is 8. The number of imidazole rings is 1. The summed E-state index contributed by atoms with van der Waals surface area (Å²) in [6.45, 7) is 0.450. The van der Waals surface area contributed by atoms with E-state index in [1.54, 1.807) is 11.5 Å². The maximum absolute atomic E-state index is 13.4. The van der Waals surface area contributed by atoms with Gasteiger partial charge in [0.2, 0.25) is 0 Å². The Hall–Kier alpha value is -4.76. The molecule has 2 atom stereocenters. The van der Waals surface area contributed by atoms with Crippen LogP contribution in [0.25, 0.3) is 11.3 Å². The van der Waals surface area contributed by atoms with Gasteiger partial charge in [-0.25, -0.2) is 9.78 Å². The number of ether oxygens (including phenoxy) is 1. The molecule has 1 saturated carbocycles. The molecule has 0 radical (unpaired) electrons. The standard InChI is InChI=1S/C30H35N5O5.C2HF3O2/c1-40-27(36)13-17-6-11-21-25(12-17)33-24(30(38)39)5-3-2-4-23(28-32-16-26(21)34-28)35-29(37)19-9-10-20(15-31)22(14-19)18-7-8-18;3-2(4,5)1(6)7/h6,9-12,14,16,18,23-24,33H,2-5,7-8,13,15,31H2,1H3,(H,32,34)(H,35,37)(H,38,39);(H,6,7)/t23-,24+;/m0./s1. The molecule has 1 amide bonds. The van der Waals surface area contributed by atoms with Gasteiger partial charge in [0.05, 0.1) is 37.0 Å². The SMILES string of the molecule is COC(=O)Cc1ccc2c(c1)[NH2+][C@@H](C(=O)O)CCCC[C@H](NC(=O)c1ccc(CN)c(C3CC3)c1)c1ncc-2[nH]1.O=C([O-])C(F)(F)F. The first-order valence-electron chi connectivity index (χ1n) is 15.0. The Bertz CT molecular complexity index is 1620. The van der Waals surface area contributed by atoms with Gasteiger partial charge < -0.3 is 41.1 Å². The van der Waals surface area contributed by atoms with Gasteiger partial charge in [-0.1, -0.05) is 18.6 Å². The highest BCUT2D eigenvalue weighted by molar-refractivity contribution is 5.94. The van der Waals surface area contributed by atoms with Crippen LogP contribution in [0.3, 0.4) is 0 Å². The molecule has 2 bridgehead atoms. The number of carboxylic acids is 2. The van der Waals surface area contributed by atoms with E-state index in [0.717, 1.165) is 35.1 Å². The van der Waals surface area contributed by atoms with E-state index in [4.69, 9.17) is 20.4 Å². The summed E-state index contributed by atoms with van der Waals surface area (Å²) < 4.78 is 36.3. The minimum absolute atomic E-state index is 0.0897. The number of hydrogen-bond donors (Lipinski definition) is 5. The fourth-order valence-electron chi connectivity index (χ4n) is 5.42. The molecular formula is C32H36F3N5O7. The number of aliphatic carboxylic acids is 2. The zero-order valence-corrected chi connectivity index (χ0v) is 25.6. The predicted molar refractivity (Wildman–Crippen MR) is 159 cm³/mol. The molecular weight excluding hydrogens is 623 g/mol. The third-order valence-corrected chi connectivity index (χ3v) is 8.05. The first kappa shape index (κ1) is 35.1. The van der Waals surface area contributed by atoms with E-state index in [1.807, 2.05) is 36.4 Å². The number of H-pyrrole nitrogens is 1. The van der Waals surface area contributed by atoms with E-state index in [0.29, 0.717) is 60.9 Å². The normalized spacial score (nSPS) is 17.9. The molecule has 3 aromatic rings. The second kappa shape index (κ2) is 15.2. The van der Waals surface area contributed by atoms with Gasteiger partial charge in [-0.05, 0) is 66.5 Å². The fraction of sp³-hybridized carbons (Fsp3) is 0.406. The lowest BCUT2D eigenvalue weighted by atomic mass is 9.99. The van der Waals surface area contributed by atoms with Crippen molar-refractivity contribution in [1.29, 1.82) is 0 Å².